The number of pyridine rings is 1. The Bertz CT molecular complexity index is 2750. The molecular formula is C56H72N8O9. The first-order chi connectivity index (χ1) is 35.0. The van der Waals surface area contributed by atoms with Gasteiger partial charge in [-0.2, -0.15) is 0 Å². The van der Waals surface area contributed by atoms with E-state index >= 15 is 0 Å². The van der Waals surface area contributed by atoms with Crippen LogP contribution in [0.1, 0.15) is 77.1 Å². The highest BCUT2D eigenvalue weighted by Crippen LogP contribution is 2.41. The third-order valence-corrected chi connectivity index (χ3v) is 14.6. The molecule has 17 heteroatoms. The fourth-order valence-electron chi connectivity index (χ4n) is 10.9. The number of fused-ring (bicyclic) bond motifs is 6. The van der Waals surface area contributed by atoms with Gasteiger partial charge in [0.15, 0.2) is 0 Å². The van der Waals surface area contributed by atoms with Crippen LogP contribution in [-0.2, 0) is 64.2 Å². The number of aromatic nitrogens is 2. The van der Waals surface area contributed by atoms with E-state index in [0.717, 1.165) is 58.6 Å². The smallest absolute Gasteiger partial charge is 0.324 e. The van der Waals surface area contributed by atoms with Crippen LogP contribution in [0.25, 0.3) is 33.3 Å². The molecular weight excluding hydrogens is 929 g/mol. The molecule has 0 spiro atoms. The summed E-state index contributed by atoms with van der Waals surface area (Å²) in [6, 6.07) is 12.5. The van der Waals surface area contributed by atoms with Gasteiger partial charge in [-0.15, -0.1) is 0 Å². The molecule has 4 aliphatic heterocycles. The monoisotopic (exact) mass is 1000 g/mol. The number of likely N-dealkylation sites (N-methyl/N-ethyl adjacent to an activating group) is 1. The van der Waals surface area contributed by atoms with Crippen LogP contribution in [0.4, 0.5) is 0 Å². The lowest BCUT2D eigenvalue weighted by molar-refractivity contribution is -0.155. The number of carbonyl (C=O) groups excluding carboxylic acids is 5. The van der Waals surface area contributed by atoms with Gasteiger partial charge < -0.3 is 39.0 Å². The van der Waals surface area contributed by atoms with Crippen LogP contribution < -0.4 is 10.7 Å². The molecule has 3 fully saturated rings. The fourth-order valence-corrected chi connectivity index (χ4v) is 10.9. The van der Waals surface area contributed by atoms with E-state index in [1.807, 2.05) is 32.0 Å². The van der Waals surface area contributed by atoms with Crippen LogP contribution in [-0.4, -0.2) is 155 Å². The molecule has 2 aromatic carbocycles. The molecule has 8 rings (SSSR count). The molecule has 3 saturated heterocycles. The molecule has 0 aliphatic carbocycles. The van der Waals surface area contributed by atoms with Gasteiger partial charge in [0.25, 0.3) is 11.8 Å². The molecule has 6 bridgehead atoms. The summed E-state index contributed by atoms with van der Waals surface area (Å²) in [6.07, 6.45) is 4.21. The highest BCUT2D eigenvalue weighted by molar-refractivity contribution is 5.97. The number of hydrogen-bond acceptors (Lipinski definition) is 12. The standard InChI is InChI=1S/C56H72N8O9/c1-8-63-48-17-16-38-31-43(48)44(51(63)42-13-11-19-57-47(42)34-71-7)32-56(4,5)35-73-55(70)45-14-12-21-64(59-45)54(69)46(29-37-27-40(38)30-41(65)28-37)58-52(67)50(36(2)3)60(6)53(68)39-18-22-62(33-39)49(66)15-9-10-20-61-23-25-72-26-24-61/h11,13,16-17,19,27-28,30-31,36,39,45-46,50,59,65H,8,10,12,14,18,20-26,29,32-35H2,1-7H3,(H,58,67)/t39-,45-,46-,50?/m0/s1. The number of phenols is 1. The van der Waals surface area contributed by atoms with Gasteiger partial charge in [-0.3, -0.25) is 38.9 Å². The first-order valence-corrected chi connectivity index (χ1v) is 25.9. The lowest BCUT2D eigenvalue weighted by Crippen LogP contribution is -2.62. The van der Waals surface area contributed by atoms with Gasteiger partial charge in [-0.1, -0.05) is 45.7 Å². The first-order valence-electron chi connectivity index (χ1n) is 25.9. The normalized spacial score (nSPS) is 21.0. The highest BCUT2D eigenvalue weighted by atomic mass is 16.5. The number of nitrogens with zero attached hydrogens (tertiary/aromatic N) is 6. The minimum atomic E-state index is -1.18. The molecule has 0 saturated carbocycles. The van der Waals surface area contributed by atoms with Crippen LogP contribution in [0.5, 0.6) is 5.75 Å². The van der Waals surface area contributed by atoms with E-state index in [4.69, 9.17) is 19.2 Å². The molecule has 1 unspecified atom stereocenters. The van der Waals surface area contributed by atoms with Crippen LogP contribution in [0.2, 0.25) is 0 Å². The first kappa shape index (κ1) is 53.0. The number of ether oxygens (including phenoxy) is 3. The predicted molar refractivity (Wildman–Crippen MR) is 276 cm³/mol. The van der Waals surface area contributed by atoms with Crippen molar-refractivity contribution in [2.75, 3.05) is 73.2 Å². The number of cyclic esters (lactones) is 1. The topological polar surface area (TPSA) is 188 Å². The van der Waals surface area contributed by atoms with Crippen molar-refractivity contribution in [2.24, 2.45) is 17.3 Å². The van der Waals surface area contributed by atoms with Crippen LogP contribution in [0.15, 0.2) is 54.7 Å². The number of hydrazine groups is 1. The number of morpholine rings is 1. The molecule has 4 atom stereocenters. The SMILES string of the molecule is CCn1c(-c2cccnc2COC)c2c3cc(ccc31)-c1cc(O)cc(c1)C[C@H](NC(=O)C(C(C)C)N(C)C(=O)[C@H]1CCN(C(=O)C#CCCN3CCOCC3)C1)C(=O)N1CCC[C@H](N1)C(=O)OCC(C)(C)C2. The zero-order valence-corrected chi connectivity index (χ0v) is 43.5. The molecule has 6 heterocycles. The fraction of sp³-hybridized carbons (Fsp3) is 0.536. The summed E-state index contributed by atoms with van der Waals surface area (Å²) in [5.41, 5.74) is 9.53. The minimum absolute atomic E-state index is 0.0142. The highest BCUT2D eigenvalue weighted by Gasteiger charge is 2.40. The van der Waals surface area contributed by atoms with Gasteiger partial charge in [0.05, 0.1) is 43.7 Å². The van der Waals surface area contributed by atoms with Gasteiger partial charge in [-0.05, 0) is 103 Å². The minimum Gasteiger partial charge on any atom is -0.508 e. The van der Waals surface area contributed by atoms with Gasteiger partial charge in [0.1, 0.15) is 23.9 Å². The number of rotatable bonds is 11. The lowest BCUT2D eigenvalue weighted by Gasteiger charge is -2.37. The average molecular weight is 1000 g/mol. The van der Waals surface area contributed by atoms with Gasteiger partial charge >= 0.3 is 5.97 Å². The predicted octanol–water partition coefficient (Wildman–Crippen LogP) is 4.95. The van der Waals surface area contributed by atoms with Crippen molar-refractivity contribution in [1.29, 1.82) is 0 Å². The van der Waals surface area contributed by atoms with Gasteiger partial charge in [-0.25, -0.2) is 5.43 Å². The molecule has 4 aliphatic rings. The summed E-state index contributed by atoms with van der Waals surface area (Å²) in [5, 5.41) is 16.8. The molecule has 2 aromatic heterocycles. The van der Waals surface area contributed by atoms with E-state index in [1.165, 1.54) is 9.91 Å². The van der Waals surface area contributed by atoms with E-state index in [1.54, 1.807) is 37.4 Å². The molecule has 17 nitrogen and oxygen atoms in total. The number of nitrogens with one attached hydrogen (secondary N) is 2. The van der Waals surface area contributed by atoms with Crippen molar-refractivity contribution in [1.82, 2.24) is 40.0 Å². The second-order valence-electron chi connectivity index (χ2n) is 21.0. The zero-order chi connectivity index (χ0) is 52.0. The summed E-state index contributed by atoms with van der Waals surface area (Å²) in [5.74, 6) is 2.74. The van der Waals surface area contributed by atoms with E-state index < -0.39 is 47.2 Å². The Hall–Kier alpha value is -6.32. The molecule has 390 valence electrons. The van der Waals surface area contributed by atoms with Crippen molar-refractivity contribution in [2.45, 2.75) is 104 Å². The van der Waals surface area contributed by atoms with Gasteiger partial charge in [0.2, 0.25) is 11.8 Å². The Balaban J connectivity index is 1.09. The van der Waals surface area contributed by atoms with Crippen molar-refractivity contribution in [3.63, 3.8) is 0 Å². The van der Waals surface area contributed by atoms with E-state index in [2.05, 4.69) is 71.0 Å². The number of hydrogen-bond donors (Lipinski definition) is 3. The Labute approximate surface area is 428 Å². The number of phenolic OH excluding ortho intramolecular Hbond substituents is 1. The lowest BCUT2D eigenvalue weighted by atomic mass is 9.84. The maximum absolute atomic E-state index is 14.8. The molecule has 3 N–H and O–H groups in total. The Kier molecular flexibility index (Phi) is 16.9. The van der Waals surface area contributed by atoms with Crippen molar-refractivity contribution < 1.29 is 43.3 Å². The third-order valence-electron chi connectivity index (χ3n) is 14.6. The summed E-state index contributed by atoms with van der Waals surface area (Å²) in [6.45, 7) is 15.7. The van der Waals surface area contributed by atoms with Crippen LogP contribution >= 0.6 is 0 Å². The molecule has 4 aromatic rings. The average Bonchev–Trinajstić information content (AvgIpc) is 3.99. The van der Waals surface area contributed by atoms with E-state index in [0.29, 0.717) is 76.1 Å². The van der Waals surface area contributed by atoms with E-state index in [-0.39, 0.29) is 49.6 Å². The molecule has 4 amide bonds. The largest absolute Gasteiger partial charge is 0.508 e. The Morgan fingerprint density at radius 3 is 2.59 bits per heavy atom. The number of amides is 4. The molecule has 73 heavy (non-hydrogen) atoms. The van der Waals surface area contributed by atoms with E-state index in [9.17, 15) is 29.1 Å². The maximum atomic E-state index is 14.8. The van der Waals surface area contributed by atoms with Crippen molar-refractivity contribution in [3.8, 4) is 40.0 Å². The summed E-state index contributed by atoms with van der Waals surface area (Å²) in [4.78, 5) is 80.8. The Morgan fingerprint density at radius 1 is 1.04 bits per heavy atom. The Morgan fingerprint density at radius 2 is 1.84 bits per heavy atom. The number of carbonyl (C=O) groups is 5. The van der Waals surface area contributed by atoms with Gasteiger partial charge in [0, 0.05) is 101 Å². The number of methoxy groups -OCH3 is 1. The summed E-state index contributed by atoms with van der Waals surface area (Å²) >= 11 is 0. The van der Waals surface area contributed by atoms with Crippen LogP contribution in [0.3, 0.4) is 0 Å². The molecule has 0 radical (unpaired) electrons. The quantitative estimate of drug-likeness (QED) is 0.136. The maximum Gasteiger partial charge on any atom is 0.324 e. The number of aryl methyl sites for hydroxylation is 1. The van der Waals surface area contributed by atoms with Crippen LogP contribution in [0, 0.1) is 29.1 Å². The second kappa shape index (κ2) is 23.3. The number of aromatic hydroxyl groups is 1. The van der Waals surface area contributed by atoms with Crippen molar-refractivity contribution >= 4 is 40.5 Å². The number of benzene rings is 2. The third kappa shape index (κ3) is 12.2. The second-order valence-corrected chi connectivity index (χ2v) is 21.0. The summed E-state index contributed by atoms with van der Waals surface area (Å²) < 4.78 is 19.4. The van der Waals surface area contributed by atoms with Crippen molar-refractivity contribution in [3.05, 3.63) is 71.5 Å². The zero-order valence-electron chi connectivity index (χ0n) is 43.5. The number of esters is 1. The number of likely N-dealkylation sites (tertiary alicyclic amines) is 1. The summed E-state index contributed by atoms with van der Waals surface area (Å²) in [7, 11) is 3.25.